The molecule has 4 bridgehead atoms. The number of aliphatic hydroxyl groups is 1. The van der Waals surface area contributed by atoms with Crippen LogP contribution in [0.15, 0.2) is 0 Å². The molecule has 0 aromatic rings. The summed E-state index contributed by atoms with van der Waals surface area (Å²) in [5, 5.41) is 15.4. The molecule has 0 heterocycles. The first-order valence-electron chi connectivity index (χ1n) is 9.74. The summed E-state index contributed by atoms with van der Waals surface area (Å²) in [6.45, 7) is 2.71. The highest BCUT2D eigenvalue weighted by Gasteiger charge is 2.54. The highest BCUT2D eigenvalue weighted by Crippen LogP contribution is 2.60. The Balaban J connectivity index is 1.39. The summed E-state index contributed by atoms with van der Waals surface area (Å²) in [7, 11) is 0. The normalized spacial score (nSPS) is 34.8. The molecule has 4 fully saturated rings. The third-order valence-corrected chi connectivity index (χ3v) is 6.31. The molecule has 4 aliphatic rings. The zero-order chi connectivity index (χ0) is 17.2. The van der Waals surface area contributed by atoms with Crippen LogP contribution < -0.4 is 10.6 Å². The van der Waals surface area contributed by atoms with Crippen molar-refractivity contribution in [1.29, 1.82) is 0 Å². The SMILES string of the molecule is CCCC(O)CNC(=O)CCNC(=O)C12CC3CC(CC(C3)C1)C2. The minimum atomic E-state index is -0.472. The van der Waals surface area contributed by atoms with Gasteiger partial charge >= 0.3 is 0 Å². The molecule has 1 atom stereocenters. The molecule has 5 nitrogen and oxygen atoms in total. The quantitative estimate of drug-likeness (QED) is 0.634. The lowest BCUT2D eigenvalue weighted by atomic mass is 9.49. The Hall–Kier alpha value is -1.10. The number of aliphatic hydroxyl groups excluding tert-OH is 1. The first-order chi connectivity index (χ1) is 11.5. The van der Waals surface area contributed by atoms with Gasteiger partial charge in [-0.05, 0) is 62.7 Å². The van der Waals surface area contributed by atoms with Gasteiger partial charge in [0, 0.05) is 24.9 Å². The number of carbonyl (C=O) groups excluding carboxylic acids is 2. The Morgan fingerprint density at radius 3 is 2.21 bits per heavy atom. The molecule has 0 spiro atoms. The molecule has 0 aromatic heterocycles. The van der Waals surface area contributed by atoms with Gasteiger partial charge in [0.15, 0.2) is 0 Å². The number of hydrogen-bond acceptors (Lipinski definition) is 3. The van der Waals surface area contributed by atoms with Crippen LogP contribution in [0.2, 0.25) is 0 Å². The van der Waals surface area contributed by atoms with Crippen molar-refractivity contribution >= 4 is 11.8 Å². The second-order valence-electron chi connectivity index (χ2n) is 8.45. The molecule has 2 amide bonds. The largest absolute Gasteiger partial charge is 0.391 e. The van der Waals surface area contributed by atoms with E-state index >= 15 is 0 Å². The van der Waals surface area contributed by atoms with Gasteiger partial charge in [0.25, 0.3) is 0 Å². The van der Waals surface area contributed by atoms with E-state index in [1.54, 1.807) is 0 Å². The Morgan fingerprint density at radius 1 is 1.08 bits per heavy atom. The lowest BCUT2D eigenvalue weighted by Crippen LogP contribution is -2.53. The standard InChI is InChI=1S/C19H32N2O3/c1-2-3-16(22)12-21-17(23)4-5-20-18(24)19-9-13-6-14(10-19)8-15(7-13)11-19/h13-16,22H,2-12H2,1H3,(H,20,24)(H,21,23). The molecule has 4 saturated carbocycles. The molecule has 0 aliphatic heterocycles. The molecule has 4 aliphatic carbocycles. The summed E-state index contributed by atoms with van der Waals surface area (Å²) < 4.78 is 0. The molecular weight excluding hydrogens is 304 g/mol. The second kappa shape index (κ2) is 7.42. The van der Waals surface area contributed by atoms with Crippen molar-refractivity contribution in [1.82, 2.24) is 10.6 Å². The van der Waals surface area contributed by atoms with Gasteiger partial charge < -0.3 is 15.7 Å². The summed E-state index contributed by atoms with van der Waals surface area (Å²) in [6.07, 6.45) is 8.57. The topological polar surface area (TPSA) is 78.4 Å². The van der Waals surface area contributed by atoms with Gasteiger partial charge in [0.2, 0.25) is 11.8 Å². The first kappa shape index (κ1) is 17.7. The molecule has 0 saturated heterocycles. The maximum absolute atomic E-state index is 12.7. The van der Waals surface area contributed by atoms with Crippen molar-refractivity contribution in [2.24, 2.45) is 23.2 Å². The average Bonchev–Trinajstić information content (AvgIpc) is 2.52. The molecule has 5 heteroatoms. The van der Waals surface area contributed by atoms with E-state index in [9.17, 15) is 14.7 Å². The number of hydrogen-bond donors (Lipinski definition) is 3. The number of rotatable bonds is 8. The highest BCUT2D eigenvalue weighted by molar-refractivity contribution is 5.84. The Morgan fingerprint density at radius 2 is 1.67 bits per heavy atom. The fraction of sp³-hybridized carbons (Fsp3) is 0.895. The van der Waals surface area contributed by atoms with Gasteiger partial charge in [0.1, 0.15) is 0 Å². The fourth-order valence-electron chi connectivity index (χ4n) is 5.62. The Kier molecular flexibility index (Phi) is 5.48. The average molecular weight is 336 g/mol. The molecule has 136 valence electrons. The van der Waals surface area contributed by atoms with Crippen LogP contribution in [0, 0.1) is 23.2 Å². The number of amides is 2. The molecule has 24 heavy (non-hydrogen) atoms. The van der Waals surface area contributed by atoms with Crippen LogP contribution in [0.4, 0.5) is 0 Å². The van der Waals surface area contributed by atoms with Crippen molar-refractivity contribution in [3.8, 4) is 0 Å². The van der Waals surface area contributed by atoms with Crippen molar-refractivity contribution in [3.63, 3.8) is 0 Å². The van der Waals surface area contributed by atoms with Crippen molar-refractivity contribution in [2.75, 3.05) is 13.1 Å². The monoisotopic (exact) mass is 336 g/mol. The number of nitrogens with one attached hydrogen (secondary N) is 2. The van der Waals surface area contributed by atoms with Crippen LogP contribution in [0.25, 0.3) is 0 Å². The lowest BCUT2D eigenvalue weighted by molar-refractivity contribution is -0.146. The predicted molar refractivity (Wildman–Crippen MR) is 92.2 cm³/mol. The van der Waals surface area contributed by atoms with Gasteiger partial charge in [-0.1, -0.05) is 13.3 Å². The van der Waals surface area contributed by atoms with Gasteiger partial charge in [-0.25, -0.2) is 0 Å². The zero-order valence-electron chi connectivity index (χ0n) is 14.9. The number of carbonyl (C=O) groups is 2. The van der Waals surface area contributed by atoms with E-state index in [-0.39, 0.29) is 23.7 Å². The molecule has 0 aromatic carbocycles. The van der Waals surface area contributed by atoms with E-state index in [0.717, 1.165) is 43.4 Å². The summed E-state index contributed by atoms with van der Waals surface area (Å²) >= 11 is 0. The van der Waals surface area contributed by atoms with E-state index in [2.05, 4.69) is 10.6 Å². The van der Waals surface area contributed by atoms with Crippen LogP contribution >= 0.6 is 0 Å². The summed E-state index contributed by atoms with van der Waals surface area (Å²) in [5.74, 6) is 2.34. The van der Waals surface area contributed by atoms with Gasteiger partial charge in [-0.2, -0.15) is 0 Å². The van der Waals surface area contributed by atoms with E-state index in [0.29, 0.717) is 19.5 Å². The maximum Gasteiger partial charge on any atom is 0.226 e. The van der Waals surface area contributed by atoms with E-state index < -0.39 is 6.10 Å². The van der Waals surface area contributed by atoms with Crippen molar-refractivity contribution in [3.05, 3.63) is 0 Å². The Bertz CT molecular complexity index is 442. The van der Waals surface area contributed by atoms with Gasteiger partial charge in [0.05, 0.1) is 6.10 Å². The summed E-state index contributed by atoms with van der Waals surface area (Å²) in [6, 6.07) is 0. The van der Waals surface area contributed by atoms with Crippen molar-refractivity contribution < 1.29 is 14.7 Å². The zero-order valence-corrected chi connectivity index (χ0v) is 14.9. The van der Waals surface area contributed by atoms with Crippen LogP contribution in [-0.4, -0.2) is 36.1 Å². The smallest absolute Gasteiger partial charge is 0.226 e. The third kappa shape index (κ3) is 3.93. The molecular formula is C19H32N2O3. The molecule has 0 radical (unpaired) electrons. The van der Waals surface area contributed by atoms with Crippen LogP contribution in [0.3, 0.4) is 0 Å². The van der Waals surface area contributed by atoms with Crippen LogP contribution in [0.1, 0.15) is 64.7 Å². The fourth-order valence-corrected chi connectivity index (χ4v) is 5.62. The van der Waals surface area contributed by atoms with E-state index in [1.807, 2.05) is 6.92 Å². The molecule has 3 N–H and O–H groups in total. The van der Waals surface area contributed by atoms with Gasteiger partial charge in [-0.3, -0.25) is 9.59 Å². The first-order valence-corrected chi connectivity index (χ1v) is 9.74. The predicted octanol–water partition coefficient (Wildman–Crippen LogP) is 1.99. The minimum Gasteiger partial charge on any atom is -0.391 e. The van der Waals surface area contributed by atoms with Crippen LogP contribution in [-0.2, 0) is 9.59 Å². The molecule has 1 unspecified atom stereocenters. The minimum absolute atomic E-state index is 0.101. The maximum atomic E-state index is 12.7. The Labute approximate surface area is 145 Å². The van der Waals surface area contributed by atoms with Gasteiger partial charge in [-0.15, -0.1) is 0 Å². The lowest BCUT2D eigenvalue weighted by Gasteiger charge is -2.55. The van der Waals surface area contributed by atoms with E-state index in [1.165, 1.54) is 19.3 Å². The van der Waals surface area contributed by atoms with Crippen LogP contribution in [0.5, 0.6) is 0 Å². The molecule has 4 rings (SSSR count). The van der Waals surface area contributed by atoms with E-state index in [4.69, 9.17) is 0 Å². The summed E-state index contributed by atoms with van der Waals surface area (Å²) in [4.78, 5) is 24.6. The highest BCUT2D eigenvalue weighted by atomic mass is 16.3. The second-order valence-corrected chi connectivity index (χ2v) is 8.45. The third-order valence-electron chi connectivity index (χ3n) is 6.31. The van der Waals surface area contributed by atoms with Crippen molar-refractivity contribution in [2.45, 2.75) is 70.8 Å². The summed E-state index contributed by atoms with van der Waals surface area (Å²) in [5.41, 5.74) is -0.136.